The van der Waals surface area contributed by atoms with Gasteiger partial charge in [-0.2, -0.15) is 0 Å². The van der Waals surface area contributed by atoms with Crippen molar-refractivity contribution in [3.8, 4) is 0 Å². The maximum absolute atomic E-state index is 11.9. The van der Waals surface area contributed by atoms with Crippen molar-refractivity contribution in [1.82, 2.24) is 0 Å². The van der Waals surface area contributed by atoms with E-state index in [1.54, 1.807) is 13.8 Å². The van der Waals surface area contributed by atoms with Crippen molar-refractivity contribution in [3.63, 3.8) is 0 Å². The zero-order chi connectivity index (χ0) is 14.0. The molecule has 1 saturated heterocycles. The van der Waals surface area contributed by atoms with E-state index < -0.39 is 30.5 Å². The van der Waals surface area contributed by atoms with Gasteiger partial charge in [-0.3, -0.25) is 4.79 Å². The second-order valence-electron chi connectivity index (χ2n) is 5.75. The minimum atomic E-state index is -1.36. The Morgan fingerprint density at radius 2 is 1.61 bits per heavy atom. The van der Waals surface area contributed by atoms with Crippen molar-refractivity contribution in [2.45, 2.75) is 64.6 Å². The smallest absolute Gasteiger partial charge is 0.166 e. The maximum Gasteiger partial charge on any atom is 0.166 e. The zero-order valence-corrected chi connectivity index (χ0v) is 11.4. The first-order valence-electron chi connectivity index (χ1n) is 6.49. The Hall–Kier alpha value is -0.490. The molecule has 0 aromatic heterocycles. The molecule has 106 valence electrons. The van der Waals surface area contributed by atoms with E-state index >= 15 is 0 Å². The molecule has 5 heteroatoms. The van der Waals surface area contributed by atoms with Crippen LogP contribution in [-0.4, -0.2) is 51.6 Å². The molecule has 1 fully saturated rings. The van der Waals surface area contributed by atoms with Crippen LogP contribution in [0.1, 0.15) is 34.1 Å². The first kappa shape index (κ1) is 15.6. The Labute approximate surface area is 108 Å². The van der Waals surface area contributed by atoms with Crippen molar-refractivity contribution in [1.29, 1.82) is 0 Å². The van der Waals surface area contributed by atoms with Crippen molar-refractivity contribution in [3.05, 3.63) is 0 Å². The summed E-state index contributed by atoms with van der Waals surface area (Å²) in [5, 5.41) is 29.5. The van der Waals surface area contributed by atoms with Crippen LogP contribution in [0.5, 0.6) is 0 Å². The van der Waals surface area contributed by atoms with E-state index in [1.165, 1.54) is 0 Å². The number of rotatable bonds is 4. The van der Waals surface area contributed by atoms with Crippen LogP contribution < -0.4 is 0 Å². The fourth-order valence-electron chi connectivity index (χ4n) is 2.17. The van der Waals surface area contributed by atoms with Gasteiger partial charge >= 0.3 is 0 Å². The van der Waals surface area contributed by atoms with Crippen molar-refractivity contribution in [2.24, 2.45) is 11.8 Å². The number of Topliss-reactive ketones (excluding diaryl/α,β-unsaturated/α-hetero) is 1. The lowest BCUT2D eigenvalue weighted by Gasteiger charge is -2.41. The normalized spacial score (nSPS) is 37.3. The monoisotopic (exact) mass is 260 g/mol. The van der Waals surface area contributed by atoms with Crippen molar-refractivity contribution >= 4 is 5.78 Å². The van der Waals surface area contributed by atoms with Gasteiger partial charge in [-0.25, -0.2) is 0 Å². The third kappa shape index (κ3) is 3.29. The largest absolute Gasteiger partial charge is 0.388 e. The minimum absolute atomic E-state index is 0.248. The summed E-state index contributed by atoms with van der Waals surface area (Å²) >= 11 is 0. The van der Waals surface area contributed by atoms with Gasteiger partial charge in [0.2, 0.25) is 0 Å². The van der Waals surface area contributed by atoms with E-state index in [-0.39, 0.29) is 17.6 Å². The van der Waals surface area contributed by atoms with Gasteiger partial charge in [0.1, 0.15) is 24.4 Å². The van der Waals surface area contributed by atoms with E-state index in [4.69, 9.17) is 4.74 Å². The van der Waals surface area contributed by atoms with Crippen LogP contribution in [-0.2, 0) is 9.53 Å². The molecule has 5 atom stereocenters. The highest BCUT2D eigenvalue weighted by molar-refractivity contribution is 5.85. The number of carbonyl (C=O) groups excluding carboxylic acids is 1. The third-order valence-electron chi connectivity index (χ3n) is 3.27. The average Bonchev–Trinajstić information content (AvgIpc) is 2.28. The molecule has 5 nitrogen and oxygen atoms in total. The molecule has 0 aliphatic carbocycles. The number of aliphatic hydroxyl groups is 3. The van der Waals surface area contributed by atoms with Gasteiger partial charge in [0.15, 0.2) is 5.78 Å². The van der Waals surface area contributed by atoms with Gasteiger partial charge < -0.3 is 20.1 Å². The number of ketones is 1. The van der Waals surface area contributed by atoms with Crippen LogP contribution in [0.25, 0.3) is 0 Å². The Morgan fingerprint density at radius 3 is 2.06 bits per heavy atom. The maximum atomic E-state index is 11.9. The highest BCUT2D eigenvalue weighted by Crippen LogP contribution is 2.27. The highest BCUT2D eigenvalue weighted by Gasteiger charge is 2.46. The summed E-state index contributed by atoms with van der Waals surface area (Å²) in [4.78, 5) is 11.9. The van der Waals surface area contributed by atoms with Gasteiger partial charge in [-0.15, -0.1) is 0 Å². The van der Waals surface area contributed by atoms with E-state index in [1.807, 2.05) is 13.8 Å². The molecular weight excluding hydrogens is 236 g/mol. The van der Waals surface area contributed by atoms with Crippen LogP contribution in [0.4, 0.5) is 0 Å². The fraction of sp³-hybridized carbons (Fsp3) is 0.923. The summed E-state index contributed by atoms with van der Waals surface area (Å²) in [6.07, 6.45) is -4.98. The number of carbonyl (C=O) groups is 1. The molecule has 1 aliphatic rings. The molecule has 0 saturated carbocycles. The molecule has 0 bridgehead atoms. The van der Waals surface area contributed by atoms with E-state index in [0.29, 0.717) is 6.42 Å². The van der Waals surface area contributed by atoms with Gasteiger partial charge in [0, 0.05) is 5.92 Å². The summed E-state index contributed by atoms with van der Waals surface area (Å²) in [5.74, 6) is -0.268. The number of ether oxygens (including phenoxy) is 1. The molecule has 2 unspecified atom stereocenters. The van der Waals surface area contributed by atoms with Gasteiger partial charge in [0.05, 0.1) is 6.10 Å². The summed E-state index contributed by atoms with van der Waals surface area (Å²) in [6.45, 7) is 7.36. The lowest BCUT2D eigenvalue weighted by Crippen LogP contribution is -2.60. The summed E-state index contributed by atoms with van der Waals surface area (Å²) in [7, 11) is 0. The standard InChI is InChI=1S/C13H24O5/c1-6(2)5-8-10(15)11(16)12(17)13(18-8)9(14)7(3)4/h6-8,10-13,15-17H,5H2,1-4H3/t8-,10+,11?,12+,13?/m1/s1. The zero-order valence-electron chi connectivity index (χ0n) is 11.4. The molecular formula is C13H24O5. The second-order valence-corrected chi connectivity index (χ2v) is 5.75. The predicted molar refractivity (Wildman–Crippen MR) is 66.0 cm³/mol. The molecule has 1 aliphatic heterocycles. The third-order valence-corrected chi connectivity index (χ3v) is 3.27. The SMILES string of the molecule is CC(C)C[C@H]1OC(C(=O)C(C)C)[C@@H](O)C(O)[C@H]1O. The van der Waals surface area contributed by atoms with Crippen LogP contribution in [0.2, 0.25) is 0 Å². The van der Waals surface area contributed by atoms with E-state index in [9.17, 15) is 20.1 Å². The first-order chi connectivity index (χ1) is 8.25. The second kappa shape index (κ2) is 6.10. The minimum Gasteiger partial charge on any atom is -0.388 e. The topological polar surface area (TPSA) is 87.0 Å². The highest BCUT2D eigenvalue weighted by atomic mass is 16.5. The van der Waals surface area contributed by atoms with Gasteiger partial charge in [0.25, 0.3) is 0 Å². The summed E-state index contributed by atoms with van der Waals surface area (Å²) in [5.41, 5.74) is 0. The summed E-state index contributed by atoms with van der Waals surface area (Å²) < 4.78 is 5.51. The van der Waals surface area contributed by atoms with Crippen LogP contribution >= 0.6 is 0 Å². The quantitative estimate of drug-likeness (QED) is 0.668. The average molecular weight is 260 g/mol. The Bertz CT molecular complexity index is 289. The molecule has 0 aromatic rings. The van der Waals surface area contributed by atoms with Crippen molar-refractivity contribution in [2.75, 3.05) is 0 Å². The fourth-order valence-corrected chi connectivity index (χ4v) is 2.17. The number of hydrogen-bond acceptors (Lipinski definition) is 5. The molecule has 0 spiro atoms. The summed E-state index contributed by atoms with van der Waals surface area (Å²) in [6, 6.07) is 0. The molecule has 1 rings (SSSR count). The van der Waals surface area contributed by atoms with Crippen LogP contribution in [0.3, 0.4) is 0 Å². The van der Waals surface area contributed by atoms with Crippen molar-refractivity contribution < 1.29 is 24.9 Å². The predicted octanol–water partition coefficient (Wildman–Crippen LogP) is 0.108. The first-order valence-corrected chi connectivity index (χ1v) is 6.49. The van der Waals surface area contributed by atoms with Crippen LogP contribution in [0, 0.1) is 11.8 Å². The molecule has 1 heterocycles. The molecule has 3 N–H and O–H groups in total. The van der Waals surface area contributed by atoms with Gasteiger partial charge in [-0.05, 0) is 12.3 Å². The Balaban J connectivity index is 2.83. The molecule has 0 amide bonds. The molecule has 0 radical (unpaired) electrons. The lowest BCUT2D eigenvalue weighted by molar-refractivity contribution is -0.223. The molecule has 0 aromatic carbocycles. The number of hydrogen-bond donors (Lipinski definition) is 3. The Kier molecular flexibility index (Phi) is 5.28. The Morgan fingerprint density at radius 1 is 1.06 bits per heavy atom. The van der Waals surface area contributed by atoms with Gasteiger partial charge in [-0.1, -0.05) is 27.7 Å². The van der Waals surface area contributed by atoms with Crippen LogP contribution in [0.15, 0.2) is 0 Å². The number of aliphatic hydroxyl groups excluding tert-OH is 3. The van der Waals surface area contributed by atoms with E-state index in [0.717, 1.165) is 0 Å². The van der Waals surface area contributed by atoms with E-state index in [2.05, 4.69) is 0 Å². The lowest BCUT2D eigenvalue weighted by atomic mass is 9.87. The molecule has 18 heavy (non-hydrogen) atoms.